The number of hydrogen-bond donors (Lipinski definition) is 3. The van der Waals surface area contributed by atoms with E-state index in [0.717, 1.165) is 0 Å². The molecule has 2 aromatic rings. The third kappa shape index (κ3) is 7.37. The number of carboxylic acids is 1. The summed E-state index contributed by atoms with van der Waals surface area (Å²) in [6, 6.07) is 10.6. The molecule has 1 unspecified atom stereocenters. The van der Waals surface area contributed by atoms with Crippen LogP contribution >= 0.6 is 27.5 Å². The number of benzene rings is 2. The van der Waals surface area contributed by atoms with E-state index in [1.807, 2.05) is 0 Å². The molecule has 0 fully saturated rings. The van der Waals surface area contributed by atoms with E-state index in [9.17, 15) is 14.4 Å². The number of nitrogens with zero attached hydrogens (tertiary/aromatic N) is 1. The maximum absolute atomic E-state index is 12.5. The predicted octanol–water partition coefficient (Wildman–Crippen LogP) is 3.47. The van der Waals surface area contributed by atoms with E-state index in [1.54, 1.807) is 56.3 Å². The summed E-state index contributed by atoms with van der Waals surface area (Å²) in [5.74, 6) is -1.84. The SMILES string of the molecule is CC(C)C(NC(=O)c1ccccc1Cl)C(=O)NN=Cc1ccc(OCC(=O)O)c(Br)c1. The highest BCUT2D eigenvalue weighted by Gasteiger charge is 2.25. The minimum absolute atomic E-state index is 0.193. The van der Waals surface area contributed by atoms with E-state index >= 15 is 0 Å². The number of carboxylic acid groups (broad SMARTS) is 1. The number of halogens is 2. The molecule has 0 aliphatic heterocycles. The molecule has 0 radical (unpaired) electrons. The molecule has 0 aliphatic rings. The summed E-state index contributed by atoms with van der Waals surface area (Å²) in [7, 11) is 0. The summed E-state index contributed by atoms with van der Waals surface area (Å²) >= 11 is 9.34. The lowest BCUT2D eigenvalue weighted by Gasteiger charge is -2.20. The van der Waals surface area contributed by atoms with Gasteiger partial charge in [0.25, 0.3) is 11.8 Å². The van der Waals surface area contributed by atoms with E-state index in [0.29, 0.717) is 20.8 Å². The Bertz CT molecular complexity index is 997. The number of hydrogen-bond acceptors (Lipinski definition) is 5. The number of ether oxygens (including phenoxy) is 1. The quantitative estimate of drug-likeness (QED) is 0.353. The summed E-state index contributed by atoms with van der Waals surface area (Å²) in [4.78, 5) is 35.6. The number of aliphatic carboxylic acids is 1. The molecule has 164 valence electrons. The maximum atomic E-state index is 12.5. The highest BCUT2D eigenvalue weighted by atomic mass is 79.9. The van der Waals surface area contributed by atoms with Gasteiger partial charge in [-0.05, 0) is 57.7 Å². The highest BCUT2D eigenvalue weighted by Crippen LogP contribution is 2.25. The molecule has 0 bridgehead atoms. The Kier molecular flexibility index (Phi) is 9.02. The van der Waals surface area contributed by atoms with Gasteiger partial charge in [0.2, 0.25) is 0 Å². The standard InChI is InChI=1S/C21H21BrClN3O5/c1-12(2)19(25-20(29)14-5-3-4-6-16(14)23)21(30)26-24-10-13-7-8-17(15(22)9-13)31-11-18(27)28/h3-10,12,19H,11H2,1-2H3,(H,25,29)(H,26,30)(H,27,28). The monoisotopic (exact) mass is 509 g/mol. The Labute approximate surface area is 192 Å². The zero-order valence-corrected chi connectivity index (χ0v) is 19.1. The first-order valence-corrected chi connectivity index (χ1v) is 10.4. The van der Waals surface area contributed by atoms with Crippen LogP contribution in [0.15, 0.2) is 52.0 Å². The Morgan fingerprint density at radius 2 is 1.94 bits per heavy atom. The molecule has 0 aliphatic carbocycles. The normalized spacial score (nSPS) is 11.9. The van der Waals surface area contributed by atoms with Gasteiger partial charge in [-0.1, -0.05) is 37.6 Å². The molecule has 0 heterocycles. The van der Waals surface area contributed by atoms with Gasteiger partial charge in [0.05, 0.1) is 21.3 Å². The molecule has 10 heteroatoms. The lowest BCUT2D eigenvalue weighted by atomic mass is 10.0. The molecule has 0 aromatic heterocycles. The molecule has 8 nitrogen and oxygen atoms in total. The minimum atomic E-state index is -1.08. The molecule has 0 spiro atoms. The molecule has 3 N–H and O–H groups in total. The molecule has 0 saturated heterocycles. The summed E-state index contributed by atoms with van der Waals surface area (Å²) in [6.07, 6.45) is 1.41. The van der Waals surface area contributed by atoms with Crippen molar-refractivity contribution in [2.24, 2.45) is 11.0 Å². The van der Waals surface area contributed by atoms with Crippen molar-refractivity contribution in [3.05, 3.63) is 63.1 Å². The fraction of sp³-hybridized carbons (Fsp3) is 0.238. The van der Waals surface area contributed by atoms with E-state index in [-0.39, 0.29) is 11.5 Å². The van der Waals surface area contributed by atoms with E-state index in [1.165, 1.54) is 6.21 Å². The summed E-state index contributed by atoms with van der Waals surface area (Å²) in [6.45, 7) is 3.14. The van der Waals surface area contributed by atoms with Crippen molar-refractivity contribution in [1.82, 2.24) is 10.7 Å². The van der Waals surface area contributed by atoms with Crippen LogP contribution in [0.4, 0.5) is 0 Å². The van der Waals surface area contributed by atoms with E-state index in [2.05, 4.69) is 31.8 Å². The topological polar surface area (TPSA) is 117 Å². The zero-order chi connectivity index (χ0) is 23.0. The van der Waals surface area contributed by atoms with Crippen molar-refractivity contribution in [1.29, 1.82) is 0 Å². The molecule has 31 heavy (non-hydrogen) atoms. The van der Waals surface area contributed by atoms with Gasteiger partial charge in [0, 0.05) is 0 Å². The van der Waals surface area contributed by atoms with Gasteiger partial charge in [-0.25, -0.2) is 10.2 Å². The Balaban J connectivity index is 2.00. The average Bonchev–Trinajstić information content (AvgIpc) is 2.71. The first-order valence-electron chi connectivity index (χ1n) is 9.21. The Hall–Kier alpha value is -2.91. The van der Waals surface area contributed by atoms with Gasteiger partial charge in [-0.15, -0.1) is 0 Å². The van der Waals surface area contributed by atoms with Crippen molar-refractivity contribution in [3.8, 4) is 5.75 Å². The van der Waals surface area contributed by atoms with Crippen LogP contribution in [-0.4, -0.2) is 41.8 Å². The van der Waals surface area contributed by atoms with Crippen molar-refractivity contribution in [2.75, 3.05) is 6.61 Å². The molecular weight excluding hydrogens is 490 g/mol. The third-order valence-electron chi connectivity index (χ3n) is 4.05. The van der Waals surface area contributed by atoms with Gasteiger partial charge in [-0.2, -0.15) is 5.10 Å². The maximum Gasteiger partial charge on any atom is 0.341 e. The van der Waals surface area contributed by atoms with E-state index in [4.69, 9.17) is 21.4 Å². The van der Waals surface area contributed by atoms with Crippen LogP contribution in [0, 0.1) is 5.92 Å². The van der Waals surface area contributed by atoms with Crippen LogP contribution in [0.2, 0.25) is 5.02 Å². The van der Waals surface area contributed by atoms with Crippen LogP contribution in [-0.2, 0) is 9.59 Å². The fourth-order valence-corrected chi connectivity index (χ4v) is 3.23. The summed E-state index contributed by atoms with van der Waals surface area (Å²) < 4.78 is 5.66. The second-order valence-electron chi connectivity index (χ2n) is 6.78. The number of hydrazone groups is 1. The largest absolute Gasteiger partial charge is 0.481 e. The number of carbonyl (C=O) groups excluding carboxylic acids is 2. The number of rotatable bonds is 9. The van der Waals surface area contributed by atoms with Crippen molar-refractivity contribution < 1.29 is 24.2 Å². The lowest BCUT2D eigenvalue weighted by Crippen LogP contribution is -2.48. The van der Waals surface area contributed by atoms with Crippen LogP contribution in [0.25, 0.3) is 0 Å². The van der Waals surface area contributed by atoms with Crippen LogP contribution in [0.1, 0.15) is 29.8 Å². The predicted molar refractivity (Wildman–Crippen MR) is 121 cm³/mol. The minimum Gasteiger partial charge on any atom is -0.481 e. The Morgan fingerprint density at radius 1 is 1.23 bits per heavy atom. The molecule has 2 aromatic carbocycles. The molecule has 2 rings (SSSR count). The average molecular weight is 511 g/mol. The first-order chi connectivity index (χ1) is 14.7. The van der Waals surface area contributed by atoms with Crippen LogP contribution in [0.5, 0.6) is 5.75 Å². The third-order valence-corrected chi connectivity index (χ3v) is 5.00. The lowest BCUT2D eigenvalue weighted by molar-refractivity contribution is -0.139. The highest BCUT2D eigenvalue weighted by molar-refractivity contribution is 9.10. The zero-order valence-electron chi connectivity index (χ0n) is 16.8. The number of nitrogens with one attached hydrogen (secondary N) is 2. The fourth-order valence-electron chi connectivity index (χ4n) is 2.49. The van der Waals surface area contributed by atoms with Crippen molar-refractivity contribution >= 4 is 51.5 Å². The Morgan fingerprint density at radius 3 is 2.55 bits per heavy atom. The van der Waals surface area contributed by atoms with Gasteiger partial charge in [0.15, 0.2) is 6.61 Å². The van der Waals surface area contributed by atoms with Crippen molar-refractivity contribution in [2.45, 2.75) is 19.9 Å². The van der Waals surface area contributed by atoms with Crippen LogP contribution in [0.3, 0.4) is 0 Å². The van der Waals surface area contributed by atoms with Crippen LogP contribution < -0.4 is 15.5 Å². The number of amides is 2. The van der Waals surface area contributed by atoms with Gasteiger partial charge in [-0.3, -0.25) is 9.59 Å². The van der Waals surface area contributed by atoms with E-state index < -0.39 is 30.4 Å². The van der Waals surface area contributed by atoms with Gasteiger partial charge < -0.3 is 15.2 Å². The molecular formula is C21H21BrClN3O5. The smallest absolute Gasteiger partial charge is 0.341 e. The first kappa shape index (κ1) is 24.4. The molecule has 0 saturated carbocycles. The summed E-state index contributed by atoms with van der Waals surface area (Å²) in [5.41, 5.74) is 3.33. The molecule has 1 atom stereocenters. The van der Waals surface area contributed by atoms with Crippen molar-refractivity contribution in [3.63, 3.8) is 0 Å². The second kappa shape index (κ2) is 11.5. The second-order valence-corrected chi connectivity index (χ2v) is 8.04. The van der Waals surface area contributed by atoms with Gasteiger partial charge >= 0.3 is 5.97 Å². The molecule has 2 amide bonds. The summed E-state index contributed by atoms with van der Waals surface area (Å²) in [5, 5.41) is 15.6. The van der Waals surface area contributed by atoms with Gasteiger partial charge in [0.1, 0.15) is 11.8 Å². The number of carbonyl (C=O) groups is 3.